The molecule has 0 saturated carbocycles. The second-order valence-corrected chi connectivity index (χ2v) is 6.12. The summed E-state index contributed by atoms with van der Waals surface area (Å²) >= 11 is 0. The number of ether oxygens (including phenoxy) is 1. The number of piperazine rings is 1. The molecule has 0 unspecified atom stereocenters. The first-order valence-electron chi connectivity index (χ1n) is 8.26. The maximum atomic E-state index is 12.2. The second kappa shape index (κ2) is 7.44. The van der Waals surface area contributed by atoms with Gasteiger partial charge in [-0.25, -0.2) is 0 Å². The average molecular weight is 341 g/mol. The van der Waals surface area contributed by atoms with E-state index in [9.17, 15) is 4.79 Å². The Morgan fingerprint density at radius 2 is 1.96 bits per heavy atom. The van der Waals surface area contributed by atoms with Crippen molar-refractivity contribution in [1.82, 2.24) is 9.80 Å². The molecule has 6 nitrogen and oxygen atoms in total. The number of carbonyl (C=O) groups excluding carboxylic acids is 1. The zero-order valence-electron chi connectivity index (χ0n) is 14.6. The number of hydrogen-bond donors (Lipinski definition) is 1. The van der Waals surface area contributed by atoms with Crippen molar-refractivity contribution in [1.29, 1.82) is 0 Å². The van der Waals surface area contributed by atoms with E-state index in [0.29, 0.717) is 23.0 Å². The molecule has 3 rings (SSSR count). The zero-order valence-corrected chi connectivity index (χ0v) is 14.6. The first-order chi connectivity index (χ1) is 12.1. The number of nitrogen functional groups attached to an aromatic ring is 1. The molecule has 2 aromatic rings. The van der Waals surface area contributed by atoms with Gasteiger partial charge in [0.15, 0.2) is 0 Å². The summed E-state index contributed by atoms with van der Waals surface area (Å²) in [7, 11) is 3.66. The Balaban J connectivity index is 1.70. The number of hydrogen-bond acceptors (Lipinski definition) is 5. The zero-order chi connectivity index (χ0) is 17.8. The van der Waals surface area contributed by atoms with Gasteiger partial charge in [0, 0.05) is 44.0 Å². The number of benzene rings is 1. The van der Waals surface area contributed by atoms with E-state index in [2.05, 4.69) is 11.9 Å². The third kappa shape index (κ3) is 4.03. The number of furan rings is 1. The molecule has 0 radical (unpaired) electrons. The molecule has 1 aliphatic heterocycles. The average Bonchev–Trinajstić information content (AvgIpc) is 3.09. The maximum absolute atomic E-state index is 12.2. The van der Waals surface area contributed by atoms with Gasteiger partial charge < -0.3 is 24.7 Å². The fourth-order valence-electron chi connectivity index (χ4n) is 2.78. The van der Waals surface area contributed by atoms with Crippen LogP contribution in [0, 0.1) is 0 Å². The predicted octanol–water partition coefficient (Wildman–Crippen LogP) is 2.32. The van der Waals surface area contributed by atoms with Crippen LogP contribution in [0.15, 0.2) is 40.8 Å². The van der Waals surface area contributed by atoms with E-state index in [4.69, 9.17) is 14.9 Å². The smallest absolute Gasteiger partial charge is 0.246 e. The summed E-state index contributed by atoms with van der Waals surface area (Å²) in [5, 5.41) is 0. The molecule has 25 heavy (non-hydrogen) atoms. The van der Waals surface area contributed by atoms with Gasteiger partial charge in [0.25, 0.3) is 0 Å². The van der Waals surface area contributed by atoms with Crippen molar-refractivity contribution in [2.24, 2.45) is 0 Å². The molecule has 0 aliphatic carbocycles. The molecule has 1 aromatic heterocycles. The van der Waals surface area contributed by atoms with E-state index >= 15 is 0 Å². The third-order valence-corrected chi connectivity index (χ3v) is 4.32. The Labute approximate surface area is 147 Å². The van der Waals surface area contributed by atoms with Crippen LogP contribution >= 0.6 is 0 Å². The minimum Gasteiger partial charge on any atom is -0.496 e. The van der Waals surface area contributed by atoms with Gasteiger partial charge in [-0.3, -0.25) is 4.79 Å². The number of nitrogens with two attached hydrogens (primary N) is 1. The summed E-state index contributed by atoms with van der Waals surface area (Å²) in [6.45, 7) is 3.32. The molecular formula is C19H23N3O3. The summed E-state index contributed by atoms with van der Waals surface area (Å²) < 4.78 is 11.2. The molecule has 0 bridgehead atoms. The molecule has 6 heteroatoms. The van der Waals surface area contributed by atoms with Crippen LogP contribution < -0.4 is 10.5 Å². The third-order valence-electron chi connectivity index (χ3n) is 4.32. The molecular weight excluding hydrogens is 318 g/mol. The SMILES string of the molecule is COc1cc(N)ccc1-c1ccc(/C=C/C(=O)N2CCN(C)CC2)o1. The highest BCUT2D eigenvalue weighted by Crippen LogP contribution is 2.33. The normalized spacial score (nSPS) is 15.7. The van der Waals surface area contributed by atoms with Gasteiger partial charge in [-0.2, -0.15) is 0 Å². The molecule has 1 fully saturated rings. The van der Waals surface area contributed by atoms with E-state index in [1.165, 1.54) is 0 Å². The molecule has 1 saturated heterocycles. The van der Waals surface area contributed by atoms with Crippen molar-refractivity contribution in [2.45, 2.75) is 0 Å². The first-order valence-corrected chi connectivity index (χ1v) is 8.26. The lowest BCUT2D eigenvalue weighted by atomic mass is 10.1. The summed E-state index contributed by atoms with van der Waals surface area (Å²) in [6.07, 6.45) is 3.27. The lowest BCUT2D eigenvalue weighted by Gasteiger charge is -2.31. The monoisotopic (exact) mass is 341 g/mol. The molecule has 1 aromatic carbocycles. The van der Waals surface area contributed by atoms with Crippen LogP contribution in [0.1, 0.15) is 5.76 Å². The molecule has 2 heterocycles. The number of carbonyl (C=O) groups is 1. The molecule has 0 atom stereocenters. The van der Waals surface area contributed by atoms with Crippen molar-refractivity contribution < 1.29 is 13.9 Å². The van der Waals surface area contributed by atoms with E-state index in [0.717, 1.165) is 31.7 Å². The lowest BCUT2D eigenvalue weighted by molar-refractivity contribution is -0.127. The lowest BCUT2D eigenvalue weighted by Crippen LogP contribution is -2.46. The number of amides is 1. The highest BCUT2D eigenvalue weighted by Gasteiger charge is 2.17. The summed E-state index contributed by atoms with van der Waals surface area (Å²) in [4.78, 5) is 16.3. The highest BCUT2D eigenvalue weighted by molar-refractivity contribution is 5.91. The van der Waals surface area contributed by atoms with E-state index in [-0.39, 0.29) is 5.91 Å². The van der Waals surface area contributed by atoms with E-state index in [1.807, 2.05) is 23.1 Å². The topological polar surface area (TPSA) is 71.9 Å². The summed E-state index contributed by atoms with van der Waals surface area (Å²) in [5.41, 5.74) is 7.23. The van der Waals surface area contributed by atoms with Crippen LogP contribution in [-0.4, -0.2) is 56.0 Å². The quantitative estimate of drug-likeness (QED) is 0.682. The Morgan fingerprint density at radius 3 is 2.68 bits per heavy atom. The van der Waals surface area contributed by atoms with E-state index in [1.54, 1.807) is 31.4 Å². The Bertz CT molecular complexity index is 774. The Hall–Kier alpha value is -2.73. The maximum Gasteiger partial charge on any atom is 0.246 e. The Morgan fingerprint density at radius 1 is 1.20 bits per heavy atom. The number of anilines is 1. The van der Waals surface area contributed by atoms with Crippen LogP contribution in [0.2, 0.25) is 0 Å². The molecule has 132 valence electrons. The van der Waals surface area contributed by atoms with Crippen LogP contribution in [0.5, 0.6) is 5.75 Å². The van der Waals surface area contributed by atoms with Gasteiger partial charge in [-0.1, -0.05) is 0 Å². The predicted molar refractivity (Wildman–Crippen MR) is 98.2 cm³/mol. The number of rotatable bonds is 4. The van der Waals surface area contributed by atoms with Gasteiger partial charge in [-0.15, -0.1) is 0 Å². The second-order valence-electron chi connectivity index (χ2n) is 6.12. The molecule has 2 N–H and O–H groups in total. The van der Waals surface area contributed by atoms with Crippen molar-refractivity contribution in [2.75, 3.05) is 46.1 Å². The van der Waals surface area contributed by atoms with Gasteiger partial charge in [0.2, 0.25) is 5.91 Å². The van der Waals surface area contributed by atoms with Crippen LogP contribution in [0.4, 0.5) is 5.69 Å². The van der Waals surface area contributed by atoms with Gasteiger partial charge in [0.05, 0.1) is 12.7 Å². The van der Waals surface area contributed by atoms with Crippen molar-refractivity contribution in [3.05, 3.63) is 42.2 Å². The van der Waals surface area contributed by atoms with Crippen molar-refractivity contribution >= 4 is 17.7 Å². The number of nitrogens with zero attached hydrogens (tertiary/aromatic N) is 2. The van der Waals surface area contributed by atoms with E-state index < -0.39 is 0 Å². The number of methoxy groups -OCH3 is 1. The van der Waals surface area contributed by atoms with Crippen molar-refractivity contribution in [3.8, 4) is 17.1 Å². The minimum absolute atomic E-state index is 0.0103. The van der Waals surface area contributed by atoms with Crippen LogP contribution in [-0.2, 0) is 4.79 Å². The van der Waals surface area contributed by atoms with Gasteiger partial charge >= 0.3 is 0 Å². The molecule has 0 spiro atoms. The molecule has 1 amide bonds. The summed E-state index contributed by atoms with van der Waals surface area (Å²) in [6, 6.07) is 9.10. The minimum atomic E-state index is 0.0103. The Kier molecular flexibility index (Phi) is 5.09. The summed E-state index contributed by atoms with van der Waals surface area (Å²) in [5.74, 6) is 1.95. The van der Waals surface area contributed by atoms with Crippen molar-refractivity contribution in [3.63, 3.8) is 0 Å². The van der Waals surface area contributed by atoms with Gasteiger partial charge in [-0.05, 0) is 37.4 Å². The molecule has 1 aliphatic rings. The number of likely N-dealkylation sites (N-methyl/N-ethyl adjacent to an activating group) is 1. The van der Waals surface area contributed by atoms with Crippen LogP contribution in [0.25, 0.3) is 17.4 Å². The fraction of sp³-hybridized carbons (Fsp3) is 0.316. The fourth-order valence-corrected chi connectivity index (χ4v) is 2.78. The largest absolute Gasteiger partial charge is 0.496 e. The van der Waals surface area contributed by atoms with Crippen LogP contribution in [0.3, 0.4) is 0 Å². The standard InChI is InChI=1S/C19H23N3O3/c1-21-9-11-22(12-10-21)19(23)8-5-15-4-7-17(25-15)16-6-3-14(20)13-18(16)24-2/h3-8,13H,9-12,20H2,1-2H3/b8-5+. The highest BCUT2D eigenvalue weighted by atomic mass is 16.5. The van der Waals surface area contributed by atoms with Gasteiger partial charge in [0.1, 0.15) is 17.3 Å². The first kappa shape index (κ1) is 17.1.